The van der Waals surface area contributed by atoms with Crippen molar-refractivity contribution in [3.8, 4) is 0 Å². The van der Waals surface area contributed by atoms with E-state index in [-0.39, 0.29) is 5.41 Å². The minimum atomic E-state index is 0.130. The van der Waals surface area contributed by atoms with Crippen molar-refractivity contribution in [1.82, 2.24) is 10.3 Å². The van der Waals surface area contributed by atoms with Gasteiger partial charge in [0.25, 0.3) is 0 Å². The number of aromatic nitrogens is 1. The molecule has 1 heterocycles. The molecule has 0 fully saturated rings. The Morgan fingerprint density at radius 2 is 1.94 bits per heavy atom. The summed E-state index contributed by atoms with van der Waals surface area (Å²) in [5.74, 6) is 0. The van der Waals surface area contributed by atoms with E-state index in [1.54, 1.807) is 7.11 Å². The highest BCUT2D eigenvalue weighted by Gasteiger charge is 2.22. The van der Waals surface area contributed by atoms with Crippen LogP contribution in [0.2, 0.25) is 0 Å². The Labute approximate surface area is 115 Å². The van der Waals surface area contributed by atoms with E-state index in [0.717, 1.165) is 12.3 Å². The van der Waals surface area contributed by atoms with E-state index in [9.17, 15) is 0 Å². The number of hydrogen-bond acceptors (Lipinski definition) is 4. The topological polar surface area (TPSA) is 34.1 Å². The molecule has 0 saturated carbocycles. The predicted molar refractivity (Wildman–Crippen MR) is 78.4 cm³/mol. The lowest BCUT2D eigenvalue weighted by Gasteiger charge is -2.19. The third-order valence-electron chi connectivity index (χ3n) is 2.82. The van der Waals surface area contributed by atoms with Crippen molar-refractivity contribution in [1.29, 1.82) is 0 Å². The van der Waals surface area contributed by atoms with E-state index >= 15 is 0 Å². The van der Waals surface area contributed by atoms with Gasteiger partial charge < -0.3 is 10.1 Å². The van der Waals surface area contributed by atoms with Crippen molar-refractivity contribution in [3.63, 3.8) is 0 Å². The Morgan fingerprint density at radius 3 is 2.39 bits per heavy atom. The molecule has 2 atom stereocenters. The average Bonchev–Trinajstić information content (AvgIpc) is 2.60. The summed E-state index contributed by atoms with van der Waals surface area (Å²) < 4.78 is 5.16. The van der Waals surface area contributed by atoms with E-state index in [1.807, 2.05) is 11.3 Å². The van der Waals surface area contributed by atoms with Crippen molar-refractivity contribution < 1.29 is 4.74 Å². The van der Waals surface area contributed by atoms with Gasteiger partial charge in [-0.05, 0) is 20.8 Å². The minimum absolute atomic E-state index is 0.130. The molecule has 0 aliphatic carbocycles. The monoisotopic (exact) mass is 270 g/mol. The number of methoxy groups -OCH3 is 1. The van der Waals surface area contributed by atoms with Gasteiger partial charge in [0.2, 0.25) is 0 Å². The smallest absolute Gasteiger partial charge is 0.0985 e. The van der Waals surface area contributed by atoms with Gasteiger partial charge in [-0.25, -0.2) is 4.98 Å². The molecule has 1 N–H and O–H groups in total. The molecule has 0 aromatic carbocycles. The number of ether oxygens (including phenoxy) is 1. The van der Waals surface area contributed by atoms with Crippen LogP contribution in [0.5, 0.6) is 0 Å². The highest BCUT2D eigenvalue weighted by atomic mass is 32.1. The van der Waals surface area contributed by atoms with Gasteiger partial charge in [-0.2, -0.15) is 0 Å². The zero-order valence-corrected chi connectivity index (χ0v) is 13.4. The van der Waals surface area contributed by atoms with Crippen LogP contribution in [-0.4, -0.2) is 24.7 Å². The second kappa shape index (κ2) is 6.13. The molecule has 0 aliphatic rings. The van der Waals surface area contributed by atoms with Gasteiger partial charge in [-0.15, -0.1) is 11.3 Å². The molecule has 1 aromatic rings. The molecule has 0 amide bonds. The average molecular weight is 270 g/mol. The van der Waals surface area contributed by atoms with Crippen LogP contribution in [0.25, 0.3) is 0 Å². The van der Waals surface area contributed by atoms with Gasteiger partial charge in [0.15, 0.2) is 0 Å². The molecule has 1 aromatic heterocycles. The van der Waals surface area contributed by atoms with Crippen LogP contribution in [0, 0.1) is 6.92 Å². The molecule has 0 saturated heterocycles. The van der Waals surface area contributed by atoms with Crippen LogP contribution in [0.4, 0.5) is 0 Å². The molecule has 2 unspecified atom stereocenters. The quantitative estimate of drug-likeness (QED) is 0.890. The first-order valence-corrected chi connectivity index (χ1v) is 7.30. The Morgan fingerprint density at radius 1 is 1.33 bits per heavy atom. The zero-order valence-electron chi connectivity index (χ0n) is 12.6. The van der Waals surface area contributed by atoms with Crippen LogP contribution in [0.1, 0.15) is 56.2 Å². The molecule has 0 bridgehead atoms. The van der Waals surface area contributed by atoms with Gasteiger partial charge in [0.05, 0.1) is 17.3 Å². The van der Waals surface area contributed by atoms with Gasteiger partial charge in [0, 0.05) is 29.5 Å². The van der Waals surface area contributed by atoms with Crippen LogP contribution in [0.15, 0.2) is 0 Å². The molecule has 0 aliphatic heterocycles. The van der Waals surface area contributed by atoms with E-state index < -0.39 is 0 Å². The fourth-order valence-electron chi connectivity index (χ4n) is 1.93. The summed E-state index contributed by atoms with van der Waals surface area (Å²) in [6.07, 6.45) is 0. The van der Waals surface area contributed by atoms with Crippen LogP contribution in [0.3, 0.4) is 0 Å². The SMILES string of the molecule is COCC(C)NC(C)c1sc(C(C)(C)C)nc1C. The Kier molecular flexibility index (Phi) is 5.32. The summed E-state index contributed by atoms with van der Waals surface area (Å²) in [6, 6.07) is 0.674. The lowest BCUT2D eigenvalue weighted by molar-refractivity contribution is 0.168. The van der Waals surface area contributed by atoms with Crippen molar-refractivity contribution >= 4 is 11.3 Å². The number of nitrogens with zero attached hydrogens (tertiary/aromatic N) is 1. The molecule has 1 rings (SSSR count). The second-order valence-electron chi connectivity index (χ2n) is 5.96. The fraction of sp³-hybridized carbons (Fsp3) is 0.786. The zero-order chi connectivity index (χ0) is 13.9. The molecule has 18 heavy (non-hydrogen) atoms. The van der Waals surface area contributed by atoms with E-state index in [0.29, 0.717) is 12.1 Å². The van der Waals surface area contributed by atoms with E-state index in [4.69, 9.17) is 9.72 Å². The van der Waals surface area contributed by atoms with E-state index in [1.165, 1.54) is 9.88 Å². The summed E-state index contributed by atoms with van der Waals surface area (Å²) >= 11 is 1.82. The highest BCUT2D eigenvalue weighted by Crippen LogP contribution is 2.32. The first-order chi connectivity index (χ1) is 8.25. The maximum absolute atomic E-state index is 5.16. The third-order valence-corrected chi connectivity index (χ3v) is 4.58. The van der Waals surface area contributed by atoms with Gasteiger partial charge >= 0.3 is 0 Å². The fourth-order valence-corrected chi connectivity index (χ4v) is 3.07. The molecule has 0 spiro atoms. The maximum atomic E-state index is 5.16. The lowest BCUT2D eigenvalue weighted by atomic mass is 9.98. The summed E-state index contributed by atoms with van der Waals surface area (Å²) in [7, 11) is 1.73. The Hall–Kier alpha value is -0.450. The molecule has 4 heteroatoms. The predicted octanol–water partition coefficient (Wildman–Crippen LogP) is 3.43. The molecular formula is C14H26N2OS. The Bertz CT molecular complexity index is 382. The number of nitrogens with one attached hydrogen (secondary N) is 1. The molecular weight excluding hydrogens is 244 g/mol. The van der Waals surface area contributed by atoms with Crippen LogP contribution in [-0.2, 0) is 10.2 Å². The number of aryl methyl sites for hydroxylation is 1. The number of rotatable bonds is 5. The van der Waals surface area contributed by atoms with Crippen molar-refractivity contribution in [2.75, 3.05) is 13.7 Å². The van der Waals surface area contributed by atoms with Gasteiger partial charge in [-0.3, -0.25) is 0 Å². The maximum Gasteiger partial charge on any atom is 0.0985 e. The molecule has 104 valence electrons. The van der Waals surface area contributed by atoms with Crippen LogP contribution >= 0.6 is 11.3 Å². The summed E-state index contributed by atoms with van der Waals surface area (Å²) in [6.45, 7) is 13.8. The van der Waals surface area contributed by atoms with Crippen LogP contribution < -0.4 is 5.32 Å². The Balaban J connectivity index is 2.80. The van der Waals surface area contributed by atoms with Gasteiger partial charge in [-0.1, -0.05) is 20.8 Å². The summed E-state index contributed by atoms with van der Waals surface area (Å²) in [5.41, 5.74) is 1.28. The normalized spacial score (nSPS) is 15.7. The molecule has 0 radical (unpaired) electrons. The first kappa shape index (κ1) is 15.6. The van der Waals surface area contributed by atoms with Crippen molar-refractivity contribution in [2.45, 2.75) is 59.0 Å². The first-order valence-electron chi connectivity index (χ1n) is 6.48. The van der Waals surface area contributed by atoms with E-state index in [2.05, 4.69) is 46.9 Å². The van der Waals surface area contributed by atoms with Gasteiger partial charge in [0.1, 0.15) is 0 Å². The van der Waals surface area contributed by atoms with Crippen molar-refractivity contribution in [2.24, 2.45) is 0 Å². The summed E-state index contributed by atoms with van der Waals surface area (Å²) in [5, 5.41) is 4.76. The lowest BCUT2D eigenvalue weighted by Crippen LogP contribution is -2.32. The van der Waals surface area contributed by atoms with Crippen molar-refractivity contribution in [3.05, 3.63) is 15.6 Å². The standard InChI is InChI=1S/C14H26N2OS/c1-9(8-17-7)15-10(2)12-11(3)16-13(18-12)14(4,5)6/h9-10,15H,8H2,1-7H3. The second-order valence-corrected chi connectivity index (χ2v) is 6.99. The third kappa shape index (κ3) is 4.04. The highest BCUT2D eigenvalue weighted by molar-refractivity contribution is 7.12. The number of hydrogen-bond donors (Lipinski definition) is 1. The number of thiazole rings is 1. The summed E-state index contributed by atoms with van der Waals surface area (Å²) in [4.78, 5) is 6.04. The molecule has 3 nitrogen and oxygen atoms in total. The largest absolute Gasteiger partial charge is 0.383 e. The minimum Gasteiger partial charge on any atom is -0.383 e.